The van der Waals surface area contributed by atoms with Crippen LogP contribution in [-0.2, 0) is 4.79 Å². The summed E-state index contributed by atoms with van der Waals surface area (Å²) in [6, 6.07) is 0. The van der Waals surface area contributed by atoms with E-state index in [0.717, 1.165) is 12.2 Å². The first-order chi connectivity index (χ1) is 4.25. The van der Waals surface area contributed by atoms with E-state index >= 15 is 0 Å². The lowest BCUT2D eigenvalue weighted by molar-refractivity contribution is -0.114. The van der Waals surface area contributed by atoms with Crippen molar-refractivity contribution in [2.75, 3.05) is 5.75 Å². The van der Waals surface area contributed by atoms with E-state index in [1.54, 1.807) is 0 Å². The Kier molecular flexibility index (Phi) is 2.17. The van der Waals surface area contributed by atoms with Crippen LogP contribution in [0.15, 0.2) is 0 Å². The van der Waals surface area contributed by atoms with E-state index < -0.39 is 0 Å². The molecular weight excluding hydrogens is 132 g/mol. The van der Waals surface area contributed by atoms with Gasteiger partial charge >= 0.3 is 0 Å². The number of rotatable bonds is 1. The van der Waals surface area contributed by atoms with Gasteiger partial charge in [-0.3, -0.25) is 4.79 Å². The Labute approximate surface area is 60.2 Å². The predicted molar refractivity (Wildman–Crippen MR) is 40.4 cm³/mol. The van der Waals surface area contributed by atoms with Gasteiger partial charge in [0.25, 0.3) is 0 Å². The standard InChI is InChI=1S/C7H12OS/c1-3-6-5(2)4-9-7(6)8/h5-6H,3-4H2,1-2H3. The molecule has 1 fully saturated rings. The minimum Gasteiger partial charge on any atom is -0.287 e. The van der Waals surface area contributed by atoms with Crippen molar-refractivity contribution in [3.63, 3.8) is 0 Å². The summed E-state index contributed by atoms with van der Waals surface area (Å²) in [5.74, 6) is 2.01. The van der Waals surface area contributed by atoms with Gasteiger partial charge in [-0.15, -0.1) is 0 Å². The third-order valence-electron chi connectivity index (χ3n) is 1.92. The Morgan fingerprint density at radius 1 is 1.78 bits per heavy atom. The molecule has 0 saturated carbocycles. The average molecular weight is 144 g/mol. The zero-order chi connectivity index (χ0) is 6.85. The van der Waals surface area contributed by atoms with Crippen molar-refractivity contribution >= 4 is 16.9 Å². The second kappa shape index (κ2) is 2.74. The highest BCUT2D eigenvalue weighted by Gasteiger charge is 2.30. The smallest absolute Gasteiger partial charge is 0.192 e. The average Bonchev–Trinajstić information content (AvgIpc) is 2.12. The molecule has 0 spiro atoms. The van der Waals surface area contributed by atoms with Gasteiger partial charge in [0, 0.05) is 11.7 Å². The van der Waals surface area contributed by atoms with E-state index in [2.05, 4.69) is 13.8 Å². The third-order valence-corrected chi connectivity index (χ3v) is 3.20. The second-order valence-corrected chi connectivity index (χ2v) is 3.65. The minimum atomic E-state index is 0.356. The fraction of sp³-hybridized carbons (Fsp3) is 0.857. The summed E-state index contributed by atoms with van der Waals surface area (Å²) in [7, 11) is 0. The van der Waals surface area contributed by atoms with Crippen LogP contribution in [-0.4, -0.2) is 10.9 Å². The van der Waals surface area contributed by atoms with Crippen molar-refractivity contribution < 1.29 is 4.79 Å². The van der Waals surface area contributed by atoms with Crippen LogP contribution in [0.4, 0.5) is 0 Å². The Balaban J connectivity index is 2.55. The van der Waals surface area contributed by atoms with Gasteiger partial charge in [-0.2, -0.15) is 0 Å². The topological polar surface area (TPSA) is 17.1 Å². The number of hydrogen-bond donors (Lipinski definition) is 0. The summed E-state index contributed by atoms with van der Waals surface area (Å²) in [6.45, 7) is 4.25. The van der Waals surface area contributed by atoms with E-state index in [1.807, 2.05) is 0 Å². The van der Waals surface area contributed by atoms with Gasteiger partial charge in [0.1, 0.15) is 0 Å². The van der Waals surface area contributed by atoms with Crippen molar-refractivity contribution in [1.29, 1.82) is 0 Å². The highest BCUT2D eigenvalue weighted by molar-refractivity contribution is 8.14. The second-order valence-electron chi connectivity index (χ2n) is 2.62. The molecule has 1 heterocycles. The van der Waals surface area contributed by atoms with Crippen LogP contribution >= 0.6 is 11.8 Å². The molecule has 52 valence electrons. The Morgan fingerprint density at radius 3 is 2.67 bits per heavy atom. The minimum absolute atomic E-state index is 0.356. The zero-order valence-corrected chi connectivity index (χ0v) is 6.70. The lowest BCUT2D eigenvalue weighted by Crippen LogP contribution is -2.10. The largest absolute Gasteiger partial charge is 0.287 e. The van der Waals surface area contributed by atoms with Gasteiger partial charge in [-0.25, -0.2) is 0 Å². The zero-order valence-electron chi connectivity index (χ0n) is 5.89. The molecule has 0 aliphatic carbocycles. The number of hydrogen-bond acceptors (Lipinski definition) is 2. The summed E-state index contributed by atoms with van der Waals surface area (Å²) < 4.78 is 0. The molecule has 1 aliphatic heterocycles. The number of thioether (sulfide) groups is 1. The maximum atomic E-state index is 11.0. The first kappa shape index (κ1) is 7.13. The Bertz CT molecular complexity index is 122. The van der Waals surface area contributed by atoms with Gasteiger partial charge in [-0.05, 0) is 12.3 Å². The van der Waals surface area contributed by atoms with Crippen molar-refractivity contribution in [2.24, 2.45) is 11.8 Å². The molecule has 0 aromatic rings. The van der Waals surface area contributed by atoms with E-state index in [1.165, 1.54) is 11.8 Å². The summed E-state index contributed by atoms with van der Waals surface area (Å²) in [4.78, 5) is 11.0. The van der Waals surface area contributed by atoms with Crippen LogP contribution in [0.25, 0.3) is 0 Å². The highest BCUT2D eigenvalue weighted by atomic mass is 32.2. The normalized spacial score (nSPS) is 35.6. The monoisotopic (exact) mass is 144 g/mol. The molecule has 1 aliphatic rings. The first-order valence-corrected chi connectivity index (χ1v) is 4.41. The molecule has 9 heavy (non-hydrogen) atoms. The van der Waals surface area contributed by atoms with Crippen LogP contribution in [0.5, 0.6) is 0 Å². The number of carbonyl (C=O) groups is 1. The van der Waals surface area contributed by atoms with E-state index in [0.29, 0.717) is 17.0 Å². The molecule has 0 aromatic carbocycles. The van der Waals surface area contributed by atoms with Crippen LogP contribution in [0.3, 0.4) is 0 Å². The molecule has 0 N–H and O–H groups in total. The summed E-state index contributed by atoms with van der Waals surface area (Å²) in [5.41, 5.74) is 0. The predicted octanol–water partition coefficient (Wildman–Crippen LogP) is 1.92. The van der Waals surface area contributed by atoms with Gasteiger partial charge in [0.05, 0.1) is 0 Å². The maximum absolute atomic E-state index is 11.0. The first-order valence-electron chi connectivity index (χ1n) is 3.42. The van der Waals surface area contributed by atoms with Crippen LogP contribution < -0.4 is 0 Å². The van der Waals surface area contributed by atoms with Crippen molar-refractivity contribution in [1.82, 2.24) is 0 Å². The van der Waals surface area contributed by atoms with Gasteiger partial charge < -0.3 is 0 Å². The maximum Gasteiger partial charge on any atom is 0.192 e. The van der Waals surface area contributed by atoms with Crippen molar-refractivity contribution in [2.45, 2.75) is 20.3 Å². The van der Waals surface area contributed by atoms with Crippen molar-refractivity contribution in [3.8, 4) is 0 Å². The molecule has 1 nitrogen and oxygen atoms in total. The highest BCUT2D eigenvalue weighted by Crippen LogP contribution is 2.32. The van der Waals surface area contributed by atoms with Gasteiger partial charge in [0.15, 0.2) is 5.12 Å². The fourth-order valence-electron chi connectivity index (χ4n) is 1.24. The van der Waals surface area contributed by atoms with Crippen LogP contribution in [0, 0.1) is 11.8 Å². The molecule has 0 bridgehead atoms. The third kappa shape index (κ3) is 1.29. The molecule has 2 atom stereocenters. The van der Waals surface area contributed by atoms with E-state index in [4.69, 9.17) is 0 Å². The Hall–Kier alpha value is 0.0200. The molecule has 0 radical (unpaired) electrons. The van der Waals surface area contributed by atoms with Crippen LogP contribution in [0.2, 0.25) is 0 Å². The molecule has 2 unspecified atom stereocenters. The molecule has 0 amide bonds. The number of carbonyl (C=O) groups excluding carboxylic acids is 1. The van der Waals surface area contributed by atoms with Crippen LogP contribution in [0.1, 0.15) is 20.3 Å². The van der Waals surface area contributed by atoms with Gasteiger partial charge in [0.2, 0.25) is 0 Å². The molecule has 1 saturated heterocycles. The molecule has 1 rings (SSSR count). The lowest BCUT2D eigenvalue weighted by atomic mass is 9.95. The Morgan fingerprint density at radius 2 is 2.44 bits per heavy atom. The fourth-order valence-corrected chi connectivity index (χ4v) is 2.51. The lowest BCUT2D eigenvalue weighted by Gasteiger charge is -2.07. The van der Waals surface area contributed by atoms with E-state index in [-0.39, 0.29) is 0 Å². The van der Waals surface area contributed by atoms with Gasteiger partial charge in [-0.1, -0.05) is 25.6 Å². The summed E-state index contributed by atoms with van der Waals surface area (Å²) in [5, 5.41) is 0.407. The van der Waals surface area contributed by atoms with Crippen molar-refractivity contribution in [3.05, 3.63) is 0 Å². The summed E-state index contributed by atoms with van der Waals surface area (Å²) in [6.07, 6.45) is 1.02. The quantitative estimate of drug-likeness (QED) is 0.559. The van der Waals surface area contributed by atoms with E-state index in [9.17, 15) is 4.79 Å². The molecular formula is C7H12OS. The summed E-state index contributed by atoms with van der Waals surface area (Å²) >= 11 is 1.50. The SMILES string of the molecule is CCC1C(=O)SCC1C. The molecule has 2 heteroatoms. The molecule has 0 aromatic heterocycles.